The van der Waals surface area contributed by atoms with E-state index in [2.05, 4.69) is 15.3 Å². The second-order valence-corrected chi connectivity index (χ2v) is 7.71. The van der Waals surface area contributed by atoms with E-state index in [1.165, 1.54) is 10.6 Å². The molecule has 1 aromatic rings. The lowest BCUT2D eigenvalue weighted by molar-refractivity contribution is 0.0697. The first-order valence-corrected chi connectivity index (χ1v) is 9.45. The number of nitrogens with one attached hydrogen (secondary N) is 1. The largest absolute Gasteiger partial charge is 0.481 e. The molecule has 2 aliphatic rings. The highest BCUT2D eigenvalue weighted by atomic mass is 32.2. The van der Waals surface area contributed by atoms with Crippen molar-refractivity contribution in [3.8, 4) is 5.88 Å². The molecule has 0 radical (unpaired) electrons. The van der Waals surface area contributed by atoms with E-state index in [4.69, 9.17) is 9.47 Å². The van der Waals surface area contributed by atoms with Gasteiger partial charge >= 0.3 is 0 Å². The summed E-state index contributed by atoms with van der Waals surface area (Å²) >= 11 is 0. The molecule has 0 atom stereocenters. The number of ether oxygens (including phenoxy) is 2. The van der Waals surface area contributed by atoms with Gasteiger partial charge in [-0.2, -0.15) is 17.0 Å². The van der Waals surface area contributed by atoms with Crippen LogP contribution in [0.5, 0.6) is 5.88 Å². The van der Waals surface area contributed by atoms with Crippen LogP contribution in [0.3, 0.4) is 0 Å². The third-order valence-electron chi connectivity index (χ3n) is 4.28. The van der Waals surface area contributed by atoms with Crippen LogP contribution in [-0.4, -0.2) is 79.5 Å². The van der Waals surface area contributed by atoms with E-state index in [0.29, 0.717) is 51.1 Å². The van der Waals surface area contributed by atoms with E-state index in [1.54, 1.807) is 17.5 Å². The fourth-order valence-corrected chi connectivity index (χ4v) is 4.52. The van der Waals surface area contributed by atoms with Gasteiger partial charge < -0.3 is 14.8 Å². The highest BCUT2D eigenvalue weighted by Crippen LogP contribution is 2.21. The quantitative estimate of drug-likeness (QED) is 0.788. The number of hydrogen-bond donors (Lipinski definition) is 1. The van der Waals surface area contributed by atoms with Gasteiger partial charge in [-0.05, 0) is 12.8 Å². The maximum Gasteiger partial charge on any atom is 0.282 e. The summed E-state index contributed by atoms with van der Waals surface area (Å²) < 4.78 is 38.6. The van der Waals surface area contributed by atoms with Crippen LogP contribution >= 0.6 is 0 Å². The predicted molar refractivity (Wildman–Crippen MR) is 88.1 cm³/mol. The molecule has 24 heavy (non-hydrogen) atoms. The van der Waals surface area contributed by atoms with Crippen LogP contribution in [0.4, 0.5) is 5.82 Å². The van der Waals surface area contributed by atoms with Gasteiger partial charge in [-0.1, -0.05) is 0 Å². The first-order chi connectivity index (χ1) is 11.6. The van der Waals surface area contributed by atoms with Crippen LogP contribution in [-0.2, 0) is 14.9 Å². The maximum atomic E-state index is 12.6. The van der Waals surface area contributed by atoms with Crippen molar-refractivity contribution >= 4 is 16.0 Å². The maximum absolute atomic E-state index is 12.6. The summed E-state index contributed by atoms with van der Waals surface area (Å²) in [6.07, 6.45) is 2.91. The van der Waals surface area contributed by atoms with Crippen LogP contribution in [0.2, 0.25) is 0 Å². The van der Waals surface area contributed by atoms with E-state index in [0.717, 1.165) is 12.8 Å². The number of rotatable bonds is 5. The first kappa shape index (κ1) is 17.3. The molecule has 0 spiro atoms. The number of hydrogen-bond acceptors (Lipinski definition) is 7. The minimum atomic E-state index is -3.38. The van der Waals surface area contributed by atoms with E-state index in [9.17, 15) is 8.42 Å². The van der Waals surface area contributed by atoms with Crippen LogP contribution in [0.15, 0.2) is 12.4 Å². The number of piperidine rings is 1. The number of methoxy groups -OCH3 is 1. The van der Waals surface area contributed by atoms with Crippen molar-refractivity contribution in [1.29, 1.82) is 0 Å². The molecule has 2 saturated heterocycles. The van der Waals surface area contributed by atoms with Crippen molar-refractivity contribution in [1.82, 2.24) is 18.6 Å². The average molecular weight is 357 g/mol. The Morgan fingerprint density at radius 1 is 1.17 bits per heavy atom. The summed E-state index contributed by atoms with van der Waals surface area (Å²) in [5, 5.41) is 3.32. The van der Waals surface area contributed by atoms with Gasteiger partial charge in [-0.15, -0.1) is 0 Å². The summed E-state index contributed by atoms with van der Waals surface area (Å²) in [6, 6.07) is 1.91. The minimum Gasteiger partial charge on any atom is -0.481 e. The van der Waals surface area contributed by atoms with Gasteiger partial charge in [0, 0.05) is 38.3 Å². The minimum absolute atomic E-state index is 0.181. The molecule has 1 aromatic heterocycles. The van der Waals surface area contributed by atoms with Gasteiger partial charge in [-0.25, -0.2) is 9.97 Å². The fourth-order valence-electron chi connectivity index (χ4n) is 2.91. The van der Waals surface area contributed by atoms with E-state index < -0.39 is 10.2 Å². The molecule has 0 aromatic carbocycles. The molecule has 9 nitrogen and oxygen atoms in total. The van der Waals surface area contributed by atoms with E-state index >= 15 is 0 Å². The number of morpholine rings is 1. The first-order valence-electron chi connectivity index (χ1n) is 8.05. The van der Waals surface area contributed by atoms with Gasteiger partial charge in [0.15, 0.2) is 0 Å². The molecular formula is C14H23N5O4S. The van der Waals surface area contributed by atoms with Crippen molar-refractivity contribution in [2.45, 2.75) is 18.9 Å². The molecule has 0 bridgehead atoms. The second-order valence-electron chi connectivity index (χ2n) is 5.78. The average Bonchev–Trinajstić information content (AvgIpc) is 2.63. The Hall–Kier alpha value is -1.49. The molecule has 3 rings (SSSR count). The number of anilines is 1. The molecule has 134 valence electrons. The summed E-state index contributed by atoms with van der Waals surface area (Å²) in [4.78, 5) is 8.14. The number of nitrogens with zero attached hydrogens (tertiary/aromatic N) is 4. The van der Waals surface area contributed by atoms with Gasteiger partial charge in [0.2, 0.25) is 5.88 Å². The van der Waals surface area contributed by atoms with Crippen molar-refractivity contribution in [3.05, 3.63) is 12.4 Å². The fraction of sp³-hybridized carbons (Fsp3) is 0.714. The SMILES string of the molecule is COc1cc(NC2CCN(S(=O)(=O)N3CCOCC3)CC2)ncn1. The summed E-state index contributed by atoms with van der Waals surface area (Å²) in [7, 11) is -1.82. The molecule has 0 unspecified atom stereocenters. The molecular weight excluding hydrogens is 334 g/mol. The summed E-state index contributed by atoms with van der Waals surface area (Å²) in [6.45, 7) is 2.79. The molecule has 2 fully saturated rings. The van der Waals surface area contributed by atoms with E-state index in [1.807, 2.05) is 0 Å². The third-order valence-corrected chi connectivity index (χ3v) is 6.32. The smallest absolute Gasteiger partial charge is 0.282 e. The molecule has 0 saturated carbocycles. The van der Waals surface area contributed by atoms with Gasteiger partial charge in [0.25, 0.3) is 10.2 Å². The molecule has 0 aliphatic carbocycles. The van der Waals surface area contributed by atoms with E-state index in [-0.39, 0.29) is 6.04 Å². The van der Waals surface area contributed by atoms with Crippen LogP contribution in [0, 0.1) is 0 Å². The predicted octanol–water partition coefficient (Wildman–Crippen LogP) is -0.0615. The number of aromatic nitrogens is 2. The lowest BCUT2D eigenvalue weighted by Gasteiger charge is -2.36. The molecule has 1 N–H and O–H groups in total. The standard InChI is InChI=1S/C14H23N5O4S/c1-22-14-10-13(15-11-16-14)17-12-2-4-18(5-3-12)24(20,21)19-6-8-23-9-7-19/h10-12H,2-9H2,1H3,(H,15,16,17). The zero-order chi connectivity index (χ0) is 17.0. The Bertz CT molecular complexity index is 642. The van der Waals surface area contributed by atoms with Crippen LogP contribution in [0.25, 0.3) is 0 Å². The van der Waals surface area contributed by atoms with Crippen LogP contribution in [0.1, 0.15) is 12.8 Å². The van der Waals surface area contributed by atoms with Crippen molar-refractivity contribution in [2.24, 2.45) is 0 Å². The lowest BCUT2D eigenvalue weighted by Crippen LogP contribution is -2.51. The van der Waals surface area contributed by atoms with Crippen molar-refractivity contribution in [2.75, 3.05) is 51.8 Å². The highest BCUT2D eigenvalue weighted by Gasteiger charge is 2.33. The Kier molecular flexibility index (Phi) is 5.49. The molecule has 10 heteroatoms. The summed E-state index contributed by atoms with van der Waals surface area (Å²) in [5.41, 5.74) is 0. The topological polar surface area (TPSA) is 96.9 Å². The molecule has 3 heterocycles. The molecule has 2 aliphatic heterocycles. The Morgan fingerprint density at radius 3 is 2.50 bits per heavy atom. The zero-order valence-electron chi connectivity index (χ0n) is 13.7. The van der Waals surface area contributed by atoms with Gasteiger partial charge in [0.05, 0.1) is 20.3 Å². The van der Waals surface area contributed by atoms with Gasteiger partial charge in [0.1, 0.15) is 12.1 Å². The Morgan fingerprint density at radius 2 is 1.83 bits per heavy atom. The Labute approximate surface area is 142 Å². The van der Waals surface area contributed by atoms with Crippen LogP contribution < -0.4 is 10.1 Å². The van der Waals surface area contributed by atoms with Gasteiger partial charge in [-0.3, -0.25) is 0 Å². The zero-order valence-corrected chi connectivity index (χ0v) is 14.5. The monoisotopic (exact) mass is 357 g/mol. The molecule has 0 amide bonds. The lowest BCUT2D eigenvalue weighted by atomic mass is 10.1. The van der Waals surface area contributed by atoms with Crippen molar-refractivity contribution < 1.29 is 17.9 Å². The third kappa shape index (κ3) is 3.94. The second kappa shape index (κ2) is 7.60. The highest BCUT2D eigenvalue weighted by molar-refractivity contribution is 7.86. The summed E-state index contributed by atoms with van der Waals surface area (Å²) in [5.74, 6) is 1.19. The van der Waals surface area contributed by atoms with Crippen molar-refractivity contribution in [3.63, 3.8) is 0 Å². The normalized spacial score (nSPS) is 21.5. The Balaban J connectivity index is 1.55.